The molecule has 0 spiro atoms. The molecule has 30 heavy (non-hydrogen) atoms. The number of nitrogens with zero attached hydrogens (tertiary/aromatic N) is 4. The maximum Gasteiger partial charge on any atom is 0.332 e. The van der Waals surface area contributed by atoms with Crippen LogP contribution in [0.25, 0.3) is 11.0 Å². The maximum absolute atomic E-state index is 13.3. The number of anilines is 2. The third kappa shape index (κ3) is 3.30. The number of aryl methyl sites for hydroxylation is 2. The van der Waals surface area contributed by atoms with Crippen LogP contribution in [0.2, 0.25) is 0 Å². The van der Waals surface area contributed by atoms with Gasteiger partial charge in [0.05, 0.1) is 5.69 Å². The molecule has 0 aliphatic heterocycles. The predicted octanol–water partition coefficient (Wildman–Crippen LogP) is 3.53. The van der Waals surface area contributed by atoms with Crippen molar-refractivity contribution in [3.05, 3.63) is 98.8 Å². The van der Waals surface area contributed by atoms with E-state index in [1.807, 2.05) is 55.5 Å². The van der Waals surface area contributed by atoms with E-state index < -0.39 is 0 Å². The molecule has 0 saturated heterocycles. The van der Waals surface area contributed by atoms with Gasteiger partial charge in [0, 0.05) is 32.5 Å². The summed E-state index contributed by atoms with van der Waals surface area (Å²) in [6.45, 7) is 2.63. The lowest BCUT2D eigenvalue weighted by Gasteiger charge is -2.28. The monoisotopic (exact) mass is 400 g/mol. The van der Waals surface area contributed by atoms with Crippen LogP contribution in [0, 0.1) is 0 Å². The second-order valence-electron chi connectivity index (χ2n) is 7.30. The Morgan fingerprint density at radius 2 is 1.53 bits per heavy atom. The number of rotatable bonds is 5. The summed E-state index contributed by atoms with van der Waals surface area (Å²) in [4.78, 5) is 32.4. The first kappa shape index (κ1) is 19.6. The molecule has 2 aromatic heterocycles. The fourth-order valence-corrected chi connectivity index (χ4v) is 3.79. The Kier molecular flexibility index (Phi) is 5.23. The van der Waals surface area contributed by atoms with Crippen molar-refractivity contribution in [1.82, 2.24) is 14.1 Å². The van der Waals surface area contributed by atoms with Gasteiger partial charge in [0.2, 0.25) is 0 Å². The summed E-state index contributed by atoms with van der Waals surface area (Å²) >= 11 is 0. The van der Waals surface area contributed by atoms with E-state index in [2.05, 4.69) is 22.0 Å². The van der Waals surface area contributed by atoms with Gasteiger partial charge < -0.3 is 4.90 Å². The second-order valence-corrected chi connectivity index (χ2v) is 7.30. The van der Waals surface area contributed by atoms with Crippen LogP contribution in [-0.2, 0) is 27.1 Å². The topological polar surface area (TPSA) is 60.1 Å². The Morgan fingerprint density at radius 3 is 2.17 bits per heavy atom. The van der Waals surface area contributed by atoms with E-state index >= 15 is 0 Å². The largest absolute Gasteiger partial charge is 0.336 e. The molecule has 6 nitrogen and oxygen atoms in total. The fraction of sp³-hybridized carbons (Fsp3) is 0.208. The van der Waals surface area contributed by atoms with Crippen LogP contribution in [-0.4, -0.2) is 14.1 Å². The zero-order valence-corrected chi connectivity index (χ0v) is 17.4. The van der Waals surface area contributed by atoms with Crippen LogP contribution in [0.5, 0.6) is 0 Å². The van der Waals surface area contributed by atoms with Gasteiger partial charge >= 0.3 is 5.69 Å². The highest BCUT2D eigenvalue weighted by molar-refractivity contribution is 5.93. The van der Waals surface area contributed by atoms with E-state index in [4.69, 9.17) is 0 Å². The number of pyridine rings is 1. The molecule has 0 N–H and O–H groups in total. The van der Waals surface area contributed by atoms with E-state index in [0.29, 0.717) is 24.0 Å². The number of hydrogen-bond donors (Lipinski definition) is 0. The lowest BCUT2D eigenvalue weighted by Crippen LogP contribution is -2.38. The zero-order chi connectivity index (χ0) is 21.3. The van der Waals surface area contributed by atoms with Gasteiger partial charge in [0.25, 0.3) is 5.56 Å². The SMILES string of the molecule is CCc1cnc2c(c1N(Cc1ccccc1)c1ccccc1)c(=O)n(C)c(=O)n2C. The summed E-state index contributed by atoms with van der Waals surface area (Å²) in [6, 6.07) is 20.1. The molecule has 0 aliphatic carbocycles. The molecule has 2 aromatic carbocycles. The number of benzene rings is 2. The first-order valence-corrected chi connectivity index (χ1v) is 9.97. The van der Waals surface area contributed by atoms with Crippen LogP contribution >= 0.6 is 0 Å². The zero-order valence-electron chi connectivity index (χ0n) is 17.4. The summed E-state index contributed by atoms with van der Waals surface area (Å²) in [5, 5.41) is 0.457. The first-order chi connectivity index (χ1) is 14.5. The minimum atomic E-state index is -0.385. The summed E-state index contributed by atoms with van der Waals surface area (Å²) in [6.07, 6.45) is 2.49. The van der Waals surface area contributed by atoms with Gasteiger partial charge in [-0.15, -0.1) is 0 Å². The van der Waals surface area contributed by atoms with E-state index in [1.54, 1.807) is 13.2 Å². The molecule has 0 saturated carbocycles. The number of para-hydroxylation sites is 1. The summed E-state index contributed by atoms with van der Waals surface area (Å²) in [5.41, 5.74) is 3.52. The van der Waals surface area contributed by atoms with Gasteiger partial charge in [-0.05, 0) is 29.7 Å². The average molecular weight is 400 g/mol. The lowest BCUT2D eigenvalue weighted by atomic mass is 10.1. The van der Waals surface area contributed by atoms with Crippen LogP contribution in [0.4, 0.5) is 11.4 Å². The predicted molar refractivity (Wildman–Crippen MR) is 120 cm³/mol. The third-order valence-corrected chi connectivity index (χ3v) is 5.42. The van der Waals surface area contributed by atoms with E-state index in [0.717, 1.165) is 27.1 Å². The Labute approximate surface area is 174 Å². The molecular weight excluding hydrogens is 376 g/mol. The van der Waals surface area contributed by atoms with E-state index in [-0.39, 0.29) is 11.2 Å². The molecule has 0 unspecified atom stereocenters. The quantitative estimate of drug-likeness (QED) is 0.514. The van der Waals surface area contributed by atoms with Crippen LogP contribution in [0.3, 0.4) is 0 Å². The van der Waals surface area contributed by atoms with Gasteiger partial charge in [0.1, 0.15) is 5.39 Å². The lowest BCUT2D eigenvalue weighted by molar-refractivity contribution is 0.706. The molecule has 0 atom stereocenters. The van der Waals surface area contributed by atoms with Crippen molar-refractivity contribution in [1.29, 1.82) is 0 Å². The van der Waals surface area contributed by atoms with Gasteiger partial charge in [-0.25, -0.2) is 9.78 Å². The minimum absolute atomic E-state index is 0.333. The van der Waals surface area contributed by atoms with Gasteiger partial charge in [-0.2, -0.15) is 0 Å². The molecule has 0 aliphatic rings. The fourth-order valence-electron chi connectivity index (χ4n) is 3.79. The molecule has 6 heteroatoms. The molecule has 2 heterocycles. The Bertz CT molecular complexity index is 1310. The Morgan fingerprint density at radius 1 is 0.900 bits per heavy atom. The summed E-state index contributed by atoms with van der Waals surface area (Å²) in [7, 11) is 3.16. The van der Waals surface area contributed by atoms with Crippen molar-refractivity contribution in [2.75, 3.05) is 4.90 Å². The van der Waals surface area contributed by atoms with Gasteiger partial charge in [-0.3, -0.25) is 13.9 Å². The van der Waals surface area contributed by atoms with Crippen molar-refractivity contribution in [3.8, 4) is 0 Å². The Hall–Kier alpha value is -3.67. The molecule has 0 amide bonds. The van der Waals surface area contributed by atoms with Crippen LogP contribution in [0.1, 0.15) is 18.1 Å². The van der Waals surface area contributed by atoms with Crippen LogP contribution < -0.4 is 16.1 Å². The number of aromatic nitrogens is 3. The Balaban J connectivity index is 2.09. The molecular formula is C24H24N4O2. The maximum atomic E-state index is 13.3. The van der Waals surface area contributed by atoms with Crippen LogP contribution in [0.15, 0.2) is 76.4 Å². The molecule has 0 bridgehead atoms. The summed E-state index contributed by atoms with van der Waals surface area (Å²) in [5.74, 6) is 0. The molecule has 0 fully saturated rings. The van der Waals surface area contributed by atoms with Crippen molar-refractivity contribution >= 4 is 22.4 Å². The smallest absolute Gasteiger partial charge is 0.332 e. The van der Waals surface area contributed by atoms with Crippen molar-refractivity contribution < 1.29 is 0 Å². The van der Waals surface area contributed by atoms with Crippen molar-refractivity contribution in [2.45, 2.75) is 19.9 Å². The second kappa shape index (κ2) is 7.99. The first-order valence-electron chi connectivity index (χ1n) is 9.97. The highest BCUT2D eigenvalue weighted by atomic mass is 16.2. The molecule has 0 radical (unpaired) electrons. The standard InChI is InChI=1S/C24H24N4O2/c1-4-18-15-25-22-20(23(29)27(3)24(30)26(22)2)21(18)28(19-13-9-6-10-14-19)16-17-11-7-5-8-12-17/h5-15H,4,16H2,1-3H3. The normalized spacial score (nSPS) is 11.0. The van der Waals surface area contributed by atoms with Gasteiger partial charge in [0.15, 0.2) is 5.65 Å². The number of hydrogen-bond acceptors (Lipinski definition) is 4. The molecule has 152 valence electrons. The highest BCUT2D eigenvalue weighted by Gasteiger charge is 2.22. The van der Waals surface area contributed by atoms with Gasteiger partial charge in [-0.1, -0.05) is 55.5 Å². The average Bonchev–Trinajstić information content (AvgIpc) is 2.80. The van der Waals surface area contributed by atoms with E-state index in [9.17, 15) is 9.59 Å². The molecule has 4 rings (SSSR count). The number of fused-ring (bicyclic) bond motifs is 1. The van der Waals surface area contributed by atoms with E-state index in [1.165, 1.54) is 11.6 Å². The highest BCUT2D eigenvalue weighted by Crippen LogP contribution is 2.34. The third-order valence-electron chi connectivity index (χ3n) is 5.42. The van der Waals surface area contributed by atoms with Crippen molar-refractivity contribution in [2.24, 2.45) is 14.1 Å². The molecule has 4 aromatic rings. The van der Waals surface area contributed by atoms with Crippen molar-refractivity contribution in [3.63, 3.8) is 0 Å². The minimum Gasteiger partial charge on any atom is -0.336 e. The summed E-state index contributed by atoms with van der Waals surface area (Å²) < 4.78 is 2.59.